The molecule has 1 atom stereocenters. The highest BCUT2D eigenvalue weighted by molar-refractivity contribution is 5.18. The second kappa shape index (κ2) is 6.99. The zero-order valence-electron chi connectivity index (χ0n) is 12.4. The lowest BCUT2D eigenvalue weighted by Crippen LogP contribution is -2.39. The number of hydrogen-bond donors (Lipinski definition) is 1. The maximum atomic E-state index is 13.2. The summed E-state index contributed by atoms with van der Waals surface area (Å²) in [6, 6.07) is 3.79. The quantitative estimate of drug-likeness (QED) is 0.811. The Kier molecular flexibility index (Phi) is 5.92. The molecule has 0 aliphatic heterocycles. The van der Waals surface area contributed by atoms with Crippen LogP contribution >= 0.6 is 0 Å². The Bertz CT molecular complexity index is 376. The molecule has 0 saturated carbocycles. The molecule has 19 heavy (non-hydrogen) atoms. The smallest absolute Gasteiger partial charge is 0.126 e. The van der Waals surface area contributed by atoms with Crippen molar-refractivity contribution in [2.75, 3.05) is 6.54 Å². The van der Waals surface area contributed by atoms with Crippen molar-refractivity contribution in [3.8, 4) is 0 Å². The molecule has 0 amide bonds. The second-order valence-electron chi connectivity index (χ2n) is 6.27. The topological polar surface area (TPSA) is 12.0 Å². The third-order valence-electron chi connectivity index (χ3n) is 3.06. The summed E-state index contributed by atoms with van der Waals surface area (Å²) in [5.74, 6) is -0.575. The van der Waals surface area contributed by atoms with Gasteiger partial charge in [0.25, 0.3) is 0 Å². The Morgan fingerprint density at radius 1 is 1.11 bits per heavy atom. The molecule has 0 heterocycles. The number of halogens is 2. The van der Waals surface area contributed by atoms with Crippen molar-refractivity contribution in [1.29, 1.82) is 0 Å². The minimum absolute atomic E-state index is 0.0686. The summed E-state index contributed by atoms with van der Waals surface area (Å²) in [7, 11) is 0. The van der Waals surface area contributed by atoms with Gasteiger partial charge in [0.1, 0.15) is 11.6 Å². The minimum atomic E-state index is -0.492. The highest BCUT2D eigenvalue weighted by Crippen LogP contribution is 2.17. The fourth-order valence-corrected chi connectivity index (χ4v) is 2.20. The molecule has 3 heteroatoms. The summed E-state index contributed by atoms with van der Waals surface area (Å²) in [6.07, 6.45) is 2.85. The first-order valence-electron chi connectivity index (χ1n) is 7.00. The highest BCUT2D eigenvalue weighted by atomic mass is 19.1. The van der Waals surface area contributed by atoms with Crippen molar-refractivity contribution in [3.05, 3.63) is 35.4 Å². The van der Waals surface area contributed by atoms with E-state index < -0.39 is 11.6 Å². The average molecular weight is 269 g/mol. The monoisotopic (exact) mass is 269 g/mol. The predicted molar refractivity (Wildman–Crippen MR) is 76.2 cm³/mol. The first kappa shape index (κ1) is 16.1. The van der Waals surface area contributed by atoms with E-state index in [1.165, 1.54) is 12.1 Å². The van der Waals surface area contributed by atoms with E-state index in [0.717, 1.165) is 31.0 Å². The van der Waals surface area contributed by atoms with E-state index in [9.17, 15) is 8.78 Å². The van der Waals surface area contributed by atoms with Gasteiger partial charge in [-0.15, -0.1) is 0 Å². The molecule has 1 N–H and O–H groups in total. The number of hydrogen-bond acceptors (Lipinski definition) is 1. The van der Waals surface area contributed by atoms with Crippen molar-refractivity contribution in [1.82, 2.24) is 5.32 Å². The molecular weight excluding hydrogens is 244 g/mol. The third-order valence-corrected chi connectivity index (χ3v) is 3.06. The molecule has 0 bridgehead atoms. The number of nitrogens with one attached hydrogen (secondary N) is 1. The summed E-state index contributed by atoms with van der Waals surface area (Å²) < 4.78 is 26.4. The van der Waals surface area contributed by atoms with Gasteiger partial charge in [0.2, 0.25) is 0 Å². The van der Waals surface area contributed by atoms with E-state index in [2.05, 4.69) is 33.0 Å². The summed E-state index contributed by atoms with van der Waals surface area (Å²) in [5.41, 5.74) is 0.811. The molecule has 108 valence electrons. The van der Waals surface area contributed by atoms with Crippen LogP contribution in [0.3, 0.4) is 0 Å². The maximum absolute atomic E-state index is 13.2. The molecule has 1 aromatic rings. The first-order valence-corrected chi connectivity index (χ1v) is 7.00. The van der Waals surface area contributed by atoms with Crippen molar-refractivity contribution in [2.45, 2.75) is 52.5 Å². The second-order valence-corrected chi connectivity index (χ2v) is 6.27. The lowest BCUT2D eigenvalue weighted by atomic mass is 9.94. The van der Waals surface area contributed by atoms with E-state index in [1.54, 1.807) is 0 Å². The van der Waals surface area contributed by atoms with Gasteiger partial charge in [-0.25, -0.2) is 8.78 Å². The van der Waals surface area contributed by atoms with E-state index in [1.807, 2.05) is 0 Å². The van der Waals surface area contributed by atoms with Crippen molar-refractivity contribution < 1.29 is 8.78 Å². The normalized spacial score (nSPS) is 13.6. The van der Waals surface area contributed by atoms with Crippen LogP contribution in [0.1, 0.15) is 46.1 Å². The van der Waals surface area contributed by atoms with Gasteiger partial charge in [-0.05, 0) is 63.8 Å². The molecule has 1 unspecified atom stereocenters. The van der Waals surface area contributed by atoms with Gasteiger partial charge in [-0.2, -0.15) is 0 Å². The van der Waals surface area contributed by atoms with E-state index in [0.29, 0.717) is 12.3 Å². The minimum Gasteiger partial charge on any atom is -0.312 e. The number of benzene rings is 1. The standard InChI is InChI=1S/C16H25F2N/c1-5-6-12(11-19-16(2,3)4)7-13-8-14(17)10-15(18)9-13/h8-10,12,19H,5-7,11H2,1-4H3. The molecule has 0 aromatic heterocycles. The van der Waals surface area contributed by atoms with Crippen LogP contribution < -0.4 is 5.32 Å². The molecule has 1 nitrogen and oxygen atoms in total. The van der Waals surface area contributed by atoms with Gasteiger partial charge < -0.3 is 5.32 Å². The van der Waals surface area contributed by atoms with E-state index >= 15 is 0 Å². The molecular formula is C16H25F2N. The lowest BCUT2D eigenvalue weighted by Gasteiger charge is -2.25. The molecule has 0 aliphatic rings. The summed E-state index contributed by atoms with van der Waals surface area (Å²) in [4.78, 5) is 0. The SMILES string of the molecule is CCCC(CNC(C)(C)C)Cc1cc(F)cc(F)c1. The van der Waals surface area contributed by atoms with Crippen LogP contribution in [0.5, 0.6) is 0 Å². The van der Waals surface area contributed by atoms with Crippen molar-refractivity contribution in [2.24, 2.45) is 5.92 Å². The van der Waals surface area contributed by atoms with Crippen molar-refractivity contribution >= 4 is 0 Å². The van der Waals surface area contributed by atoms with Crippen LogP contribution in [0.4, 0.5) is 8.78 Å². The zero-order chi connectivity index (χ0) is 14.5. The van der Waals surface area contributed by atoms with Gasteiger partial charge in [-0.1, -0.05) is 13.3 Å². The molecule has 0 saturated heterocycles. The number of rotatable bonds is 6. The Balaban J connectivity index is 2.66. The molecule has 1 aromatic carbocycles. The van der Waals surface area contributed by atoms with Gasteiger partial charge in [0.15, 0.2) is 0 Å². The fourth-order valence-electron chi connectivity index (χ4n) is 2.20. The fraction of sp³-hybridized carbons (Fsp3) is 0.625. The molecule has 0 fully saturated rings. The summed E-state index contributed by atoms with van der Waals surface area (Å²) in [5, 5.41) is 3.47. The lowest BCUT2D eigenvalue weighted by molar-refractivity contribution is 0.354. The van der Waals surface area contributed by atoms with Crippen LogP contribution in [0.2, 0.25) is 0 Å². The molecule has 0 aliphatic carbocycles. The predicted octanol–water partition coefficient (Wildman–Crippen LogP) is 4.31. The first-order chi connectivity index (χ1) is 8.80. The molecule has 0 radical (unpaired) electrons. The van der Waals surface area contributed by atoms with Crippen molar-refractivity contribution in [3.63, 3.8) is 0 Å². The third kappa shape index (κ3) is 6.67. The van der Waals surface area contributed by atoms with Crippen LogP contribution in [-0.2, 0) is 6.42 Å². The summed E-state index contributed by atoms with van der Waals surface area (Å²) >= 11 is 0. The van der Waals surface area contributed by atoms with Gasteiger partial charge in [0, 0.05) is 11.6 Å². The molecule has 0 spiro atoms. The summed E-state index contributed by atoms with van der Waals surface area (Å²) in [6.45, 7) is 9.37. The Hall–Kier alpha value is -0.960. The largest absolute Gasteiger partial charge is 0.312 e. The maximum Gasteiger partial charge on any atom is 0.126 e. The highest BCUT2D eigenvalue weighted by Gasteiger charge is 2.15. The van der Waals surface area contributed by atoms with E-state index in [4.69, 9.17) is 0 Å². The van der Waals surface area contributed by atoms with Gasteiger partial charge in [-0.3, -0.25) is 0 Å². The van der Waals surface area contributed by atoms with Crippen LogP contribution in [0, 0.1) is 17.6 Å². The Morgan fingerprint density at radius 3 is 2.16 bits per heavy atom. The van der Waals surface area contributed by atoms with Gasteiger partial charge in [0.05, 0.1) is 0 Å². The van der Waals surface area contributed by atoms with E-state index in [-0.39, 0.29) is 5.54 Å². The van der Waals surface area contributed by atoms with Crippen LogP contribution in [0.15, 0.2) is 18.2 Å². The average Bonchev–Trinajstić information content (AvgIpc) is 2.23. The van der Waals surface area contributed by atoms with Crippen LogP contribution in [-0.4, -0.2) is 12.1 Å². The molecule has 1 rings (SSSR count). The Morgan fingerprint density at radius 2 is 1.68 bits per heavy atom. The van der Waals surface area contributed by atoms with Crippen LogP contribution in [0.25, 0.3) is 0 Å². The zero-order valence-corrected chi connectivity index (χ0v) is 12.4. The van der Waals surface area contributed by atoms with Gasteiger partial charge >= 0.3 is 0 Å². The Labute approximate surface area is 115 Å².